The molecule has 118 valence electrons. The van der Waals surface area contributed by atoms with Crippen molar-refractivity contribution in [3.05, 3.63) is 35.9 Å². The molecule has 21 heavy (non-hydrogen) atoms. The van der Waals surface area contributed by atoms with Crippen molar-refractivity contribution in [1.82, 2.24) is 4.72 Å². The van der Waals surface area contributed by atoms with Gasteiger partial charge < -0.3 is 9.84 Å². The first-order valence-corrected chi connectivity index (χ1v) is 8.34. The van der Waals surface area contributed by atoms with Crippen LogP contribution in [0.2, 0.25) is 0 Å². The van der Waals surface area contributed by atoms with Crippen LogP contribution in [0.4, 0.5) is 0 Å². The van der Waals surface area contributed by atoms with Crippen molar-refractivity contribution < 1.29 is 23.1 Å². The van der Waals surface area contributed by atoms with Gasteiger partial charge in [-0.2, -0.15) is 0 Å². The van der Waals surface area contributed by atoms with Gasteiger partial charge in [0.25, 0.3) is 0 Å². The SMILES string of the molecule is CC(C)OCCS(=O)(=O)N[C@@H](Cc1ccccc1)C(=O)O. The van der Waals surface area contributed by atoms with Gasteiger partial charge in [-0.1, -0.05) is 30.3 Å². The van der Waals surface area contributed by atoms with E-state index in [2.05, 4.69) is 4.72 Å². The van der Waals surface area contributed by atoms with Gasteiger partial charge in [0.2, 0.25) is 10.0 Å². The summed E-state index contributed by atoms with van der Waals surface area (Å²) in [7, 11) is -3.70. The van der Waals surface area contributed by atoms with Crippen LogP contribution in [0.25, 0.3) is 0 Å². The summed E-state index contributed by atoms with van der Waals surface area (Å²) in [5, 5.41) is 9.15. The number of benzene rings is 1. The molecule has 0 saturated carbocycles. The highest BCUT2D eigenvalue weighted by Crippen LogP contribution is 2.05. The Morgan fingerprint density at radius 1 is 1.29 bits per heavy atom. The van der Waals surface area contributed by atoms with Crippen LogP contribution in [-0.4, -0.2) is 44.0 Å². The number of sulfonamides is 1. The lowest BCUT2D eigenvalue weighted by atomic mass is 10.1. The number of aliphatic carboxylic acids is 1. The molecule has 0 radical (unpaired) electrons. The summed E-state index contributed by atoms with van der Waals surface area (Å²) in [6.45, 7) is 3.63. The molecule has 2 N–H and O–H groups in total. The van der Waals surface area contributed by atoms with Crippen molar-refractivity contribution in [2.24, 2.45) is 0 Å². The molecule has 0 amide bonds. The van der Waals surface area contributed by atoms with Crippen LogP contribution < -0.4 is 4.72 Å². The Labute approximate surface area is 125 Å². The van der Waals surface area contributed by atoms with Crippen molar-refractivity contribution in [2.45, 2.75) is 32.4 Å². The zero-order valence-corrected chi connectivity index (χ0v) is 13.0. The van der Waals surface area contributed by atoms with Crippen molar-refractivity contribution in [3.63, 3.8) is 0 Å². The van der Waals surface area contributed by atoms with Gasteiger partial charge in [0, 0.05) is 0 Å². The Kier molecular flexibility index (Phi) is 6.80. The van der Waals surface area contributed by atoms with Crippen LogP contribution in [0.1, 0.15) is 19.4 Å². The van der Waals surface area contributed by atoms with Gasteiger partial charge in [0.15, 0.2) is 0 Å². The fourth-order valence-corrected chi connectivity index (χ4v) is 2.75. The minimum Gasteiger partial charge on any atom is -0.480 e. The fourth-order valence-electron chi connectivity index (χ4n) is 1.70. The maximum absolute atomic E-state index is 11.9. The summed E-state index contributed by atoms with van der Waals surface area (Å²) in [5.41, 5.74) is 0.756. The Bertz CT molecular complexity index is 542. The highest BCUT2D eigenvalue weighted by atomic mass is 32.2. The quantitative estimate of drug-likeness (QED) is 0.710. The third-order valence-electron chi connectivity index (χ3n) is 2.71. The fraction of sp³-hybridized carbons (Fsp3) is 0.500. The van der Waals surface area contributed by atoms with Gasteiger partial charge >= 0.3 is 5.97 Å². The molecule has 0 heterocycles. The monoisotopic (exact) mass is 315 g/mol. The normalized spacial score (nSPS) is 13.3. The Morgan fingerprint density at radius 3 is 2.43 bits per heavy atom. The molecule has 0 aliphatic rings. The van der Waals surface area contributed by atoms with Crippen molar-refractivity contribution >= 4 is 16.0 Å². The zero-order valence-electron chi connectivity index (χ0n) is 12.2. The van der Waals surface area contributed by atoms with E-state index in [-0.39, 0.29) is 24.9 Å². The highest BCUT2D eigenvalue weighted by molar-refractivity contribution is 7.89. The van der Waals surface area contributed by atoms with Gasteiger partial charge in [-0.3, -0.25) is 4.79 Å². The molecule has 0 aliphatic carbocycles. The Balaban J connectivity index is 2.63. The van der Waals surface area contributed by atoms with E-state index in [1.54, 1.807) is 38.1 Å². The standard InChI is InChI=1S/C14H21NO5S/c1-11(2)20-8-9-21(18,19)15-13(14(16)17)10-12-6-4-3-5-7-12/h3-7,11,13,15H,8-10H2,1-2H3,(H,16,17)/t13-/m0/s1. The molecular formula is C14H21NO5S. The van der Waals surface area contributed by atoms with E-state index >= 15 is 0 Å². The lowest BCUT2D eigenvalue weighted by molar-refractivity contribution is -0.138. The van der Waals surface area contributed by atoms with Gasteiger partial charge in [0.1, 0.15) is 6.04 Å². The number of hydrogen-bond acceptors (Lipinski definition) is 4. The van der Waals surface area contributed by atoms with Crippen LogP contribution >= 0.6 is 0 Å². The second-order valence-electron chi connectivity index (χ2n) is 4.94. The average Bonchev–Trinajstić information content (AvgIpc) is 2.38. The summed E-state index contributed by atoms with van der Waals surface area (Å²) in [6.07, 6.45) is 0.0280. The van der Waals surface area contributed by atoms with Crippen LogP contribution in [0.5, 0.6) is 0 Å². The van der Waals surface area contributed by atoms with Crippen LogP contribution in [0.15, 0.2) is 30.3 Å². The van der Waals surface area contributed by atoms with Gasteiger partial charge in [-0.05, 0) is 25.8 Å². The predicted octanol–water partition coefficient (Wildman–Crippen LogP) is 1.03. The molecule has 1 aromatic rings. The average molecular weight is 315 g/mol. The molecule has 0 spiro atoms. The first-order valence-electron chi connectivity index (χ1n) is 6.68. The first-order chi connectivity index (χ1) is 9.80. The molecule has 1 rings (SSSR count). The second kappa shape index (κ2) is 8.11. The summed E-state index contributed by atoms with van der Waals surface area (Å²) in [5.74, 6) is -1.46. The van der Waals surface area contributed by atoms with Crippen LogP contribution in [0, 0.1) is 0 Å². The number of carboxylic acids is 1. The van der Waals surface area contributed by atoms with Crippen molar-refractivity contribution in [1.29, 1.82) is 0 Å². The van der Waals surface area contributed by atoms with Crippen LogP contribution in [-0.2, 0) is 26.0 Å². The van der Waals surface area contributed by atoms with Crippen LogP contribution in [0.3, 0.4) is 0 Å². The summed E-state index contributed by atoms with van der Waals surface area (Å²) >= 11 is 0. The molecule has 7 heteroatoms. The van der Waals surface area contributed by atoms with Gasteiger partial charge in [-0.15, -0.1) is 0 Å². The lowest BCUT2D eigenvalue weighted by Gasteiger charge is -2.15. The third-order valence-corrected chi connectivity index (χ3v) is 4.05. The number of carboxylic acid groups (broad SMARTS) is 1. The van der Waals surface area contributed by atoms with E-state index in [0.717, 1.165) is 5.56 Å². The number of nitrogens with one attached hydrogen (secondary N) is 1. The molecular weight excluding hydrogens is 294 g/mol. The van der Waals surface area contributed by atoms with E-state index in [1.165, 1.54) is 0 Å². The molecule has 1 aromatic carbocycles. The molecule has 0 bridgehead atoms. The molecule has 0 unspecified atom stereocenters. The molecule has 0 fully saturated rings. The largest absolute Gasteiger partial charge is 0.480 e. The van der Waals surface area contributed by atoms with Crippen molar-refractivity contribution in [2.75, 3.05) is 12.4 Å². The topological polar surface area (TPSA) is 92.7 Å². The minimum atomic E-state index is -3.70. The van der Waals surface area contributed by atoms with E-state index in [4.69, 9.17) is 9.84 Å². The van der Waals surface area contributed by atoms with E-state index in [1.807, 2.05) is 6.07 Å². The number of hydrogen-bond donors (Lipinski definition) is 2. The van der Waals surface area contributed by atoms with Gasteiger partial charge in [0.05, 0.1) is 18.5 Å². The summed E-state index contributed by atoms with van der Waals surface area (Å²) < 4.78 is 31.1. The van der Waals surface area contributed by atoms with E-state index in [0.29, 0.717) is 0 Å². The second-order valence-corrected chi connectivity index (χ2v) is 6.81. The smallest absolute Gasteiger partial charge is 0.322 e. The zero-order chi connectivity index (χ0) is 15.9. The Hall–Kier alpha value is -1.44. The third kappa shape index (κ3) is 7.22. The van der Waals surface area contributed by atoms with Gasteiger partial charge in [-0.25, -0.2) is 13.1 Å². The maximum Gasteiger partial charge on any atom is 0.322 e. The molecule has 1 atom stereocenters. The van der Waals surface area contributed by atoms with E-state index in [9.17, 15) is 13.2 Å². The predicted molar refractivity (Wildman–Crippen MR) is 79.6 cm³/mol. The number of carbonyl (C=O) groups is 1. The molecule has 0 saturated heterocycles. The molecule has 0 aromatic heterocycles. The highest BCUT2D eigenvalue weighted by Gasteiger charge is 2.24. The maximum atomic E-state index is 11.9. The lowest BCUT2D eigenvalue weighted by Crippen LogP contribution is -2.43. The number of rotatable bonds is 9. The van der Waals surface area contributed by atoms with Crippen molar-refractivity contribution in [3.8, 4) is 0 Å². The summed E-state index contributed by atoms with van der Waals surface area (Å²) in [4.78, 5) is 11.2. The minimum absolute atomic E-state index is 0.0324. The Morgan fingerprint density at radius 2 is 1.90 bits per heavy atom. The first kappa shape index (κ1) is 17.6. The summed E-state index contributed by atoms with van der Waals surface area (Å²) in [6, 6.07) is 7.69. The van der Waals surface area contributed by atoms with E-state index < -0.39 is 22.0 Å². The molecule has 0 aliphatic heterocycles. The number of ether oxygens (including phenoxy) is 1. The molecule has 6 nitrogen and oxygen atoms in total.